The Kier molecular flexibility index (Phi) is 3.80. The normalized spacial score (nSPS) is 17.4. The summed E-state index contributed by atoms with van der Waals surface area (Å²) < 4.78 is 40.0. The van der Waals surface area contributed by atoms with Gasteiger partial charge in [0.15, 0.2) is 0 Å². The molecule has 4 N–H and O–H groups in total. The second-order valence-corrected chi connectivity index (χ2v) is 6.64. The molecule has 19 heavy (non-hydrogen) atoms. The van der Waals surface area contributed by atoms with E-state index in [0.29, 0.717) is 0 Å². The third-order valence-corrected chi connectivity index (χ3v) is 4.60. The highest BCUT2D eigenvalue weighted by Crippen LogP contribution is 2.32. The largest absolute Gasteiger partial charge is 0.399 e. The fraction of sp³-hybridized carbons (Fsp3) is 0.500. The number of nitrogens with one attached hydrogen (secondary N) is 1. The fourth-order valence-corrected chi connectivity index (χ4v) is 3.11. The first-order valence-electron chi connectivity index (χ1n) is 6.04. The summed E-state index contributed by atoms with van der Waals surface area (Å²) in [6.45, 7) is 1.34. The Balaban J connectivity index is 2.19. The molecule has 0 aromatic heterocycles. The summed E-state index contributed by atoms with van der Waals surface area (Å²) >= 11 is 0. The summed E-state index contributed by atoms with van der Waals surface area (Å²) in [4.78, 5) is -0.479. The predicted molar refractivity (Wildman–Crippen MR) is 69.5 cm³/mol. The van der Waals surface area contributed by atoms with Crippen LogP contribution in [0.5, 0.6) is 0 Å². The zero-order valence-corrected chi connectivity index (χ0v) is 11.4. The van der Waals surface area contributed by atoms with E-state index >= 15 is 0 Å². The van der Waals surface area contributed by atoms with Gasteiger partial charge < -0.3 is 10.8 Å². The molecule has 5 nitrogen and oxygen atoms in total. The van der Waals surface area contributed by atoms with Gasteiger partial charge in [0.05, 0.1) is 6.10 Å². The van der Waals surface area contributed by atoms with Gasteiger partial charge in [-0.3, -0.25) is 0 Å². The van der Waals surface area contributed by atoms with Gasteiger partial charge in [-0.2, -0.15) is 0 Å². The molecule has 1 atom stereocenters. The summed E-state index contributed by atoms with van der Waals surface area (Å²) in [5.74, 6) is -0.669. The van der Waals surface area contributed by atoms with Crippen LogP contribution in [0.25, 0.3) is 0 Å². The number of aryl methyl sites for hydroxylation is 1. The molecular formula is C12H17FN2O3S. The minimum Gasteiger partial charge on any atom is -0.399 e. The molecule has 1 aromatic rings. The molecule has 106 valence electrons. The molecule has 0 spiro atoms. The van der Waals surface area contributed by atoms with Crippen molar-refractivity contribution in [3.63, 3.8) is 0 Å². The van der Waals surface area contributed by atoms with Gasteiger partial charge >= 0.3 is 0 Å². The van der Waals surface area contributed by atoms with Crippen molar-refractivity contribution in [3.8, 4) is 0 Å². The molecule has 0 heterocycles. The standard InChI is InChI=1S/C12H17FN2O3S/c1-7-4-9(14)5-11(12(7)13)19(17,18)15-6-10(16)8-2-3-8/h4-5,8,10,15-16H,2-3,6,14H2,1H3. The molecule has 1 aromatic carbocycles. The first-order chi connectivity index (χ1) is 8.81. The summed E-state index contributed by atoms with van der Waals surface area (Å²) in [6.07, 6.45) is 1.07. The van der Waals surface area contributed by atoms with Crippen LogP contribution in [0, 0.1) is 18.7 Å². The van der Waals surface area contributed by atoms with Crippen LogP contribution < -0.4 is 10.5 Å². The highest BCUT2D eigenvalue weighted by atomic mass is 32.2. The minimum absolute atomic E-state index is 0.111. The Bertz CT molecular complexity index is 585. The Hall–Kier alpha value is -1.18. The summed E-state index contributed by atoms with van der Waals surface area (Å²) in [6, 6.07) is 2.45. The van der Waals surface area contributed by atoms with Gasteiger partial charge in [-0.15, -0.1) is 0 Å². The lowest BCUT2D eigenvalue weighted by molar-refractivity contribution is 0.155. The first kappa shape index (κ1) is 14.2. The Morgan fingerprint density at radius 2 is 2.16 bits per heavy atom. The van der Waals surface area contributed by atoms with Crippen molar-refractivity contribution in [2.24, 2.45) is 5.92 Å². The van der Waals surface area contributed by atoms with Crippen LogP contribution in [0.15, 0.2) is 17.0 Å². The summed E-state index contributed by atoms with van der Waals surface area (Å²) in [5, 5.41) is 9.63. The average molecular weight is 288 g/mol. The number of hydrogen-bond acceptors (Lipinski definition) is 4. The number of hydrogen-bond donors (Lipinski definition) is 3. The predicted octanol–water partition coefficient (Wildman–Crippen LogP) is 0.766. The van der Waals surface area contributed by atoms with E-state index in [1.54, 1.807) is 0 Å². The average Bonchev–Trinajstić information content (AvgIpc) is 3.14. The zero-order chi connectivity index (χ0) is 14.2. The van der Waals surface area contributed by atoms with Gasteiger partial charge in [0.1, 0.15) is 10.7 Å². The highest BCUT2D eigenvalue weighted by Gasteiger charge is 2.31. The number of halogens is 1. The number of nitrogen functional groups attached to an aromatic ring is 1. The molecule has 0 aliphatic heterocycles. The van der Waals surface area contributed by atoms with Crippen LogP contribution in [0.3, 0.4) is 0 Å². The lowest BCUT2D eigenvalue weighted by Gasteiger charge is -2.13. The number of benzene rings is 1. The van der Waals surface area contributed by atoms with Crippen molar-refractivity contribution in [1.82, 2.24) is 4.72 Å². The maximum Gasteiger partial charge on any atom is 0.243 e. The van der Waals surface area contributed by atoms with E-state index in [-0.39, 0.29) is 23.7 Å². The number of aliphatic hydroxyl groups excluding tert-OH is 1. The molecule has 0 bridgehead atoms. The van der Waals surface area contributed by atoms with Gasteiger partial charge in [0, 0.05) is 12.2 Å². The van der Waals surface area contributed by atoms with Crippen LogP contribution in [0.4, 0.5) is 10.1 Å². The van der Waals surface area contributed by atoms with Crippen molar-refractivity contribution in [2.45, 2.75) is 30.8 Å². The molecular weight excluding hydrogens is 271 g/mol. The Morgan fingerprint density at radius 1 is 1.53 bits per heavy atom. The maximum absolute atomic E-state index is 13.8. The van der Waals surface area contributed by atoms with E-state index < -0.39 is 26.8 Å². The van der Waals surface area contributed by atoms with Crippen LogP contribution in [-0.2, 0) is 10.0 Å². The second-order valence-electron chi connectivity index (χ2n) is 4.91. The SMILES string of the molecule is Cc1cc(N)cc(S(=O)(=O)NCC(O)C2CC2)c1F. The van der Waals surface area contributed by atoms with E-state index in [2.05, 4.69) is 4.72 Å². The molecule has 1 unspecified atom stereocenters. The third-order valence-electron chi connectivity index (χ3n) is 3.18. The Morgan fingerprint density at radius 3 is 2.74 bits per heavy atom. The van der Waals surface area contributed by atoms with Crippen molar-refractivity contribution in [2.75, 3.05) is 12.3 Å². The molecule has 1 aliphatic carbocycles. The number of nitrogens with two attached hydrogens (primary N) is 1. The number of anilines is 1. The number of aliphatic hydroxyl groups is 1. The van der Waals surface area contributed by atoms with E-state index in [9.17, 15) is 17.9 Å². The number of rotatable bonds is 5. The molecule has 0 amide bonds. The lowest BCUT2D eigenvalue weighted by Crippen LogP contribution is -2.33. The molecule has 1 fully saturated rings. The fourth-order valence-electron chi connectivity index (χ4n) is 1.88. The van der Waals surface area contributed by atoms with Gasteiger partial charge in [-0.25, -0.2) is 17.5 Å². The lowest BCUT2D eigenvalue weighted by atomic mass is 10.2. The Labute approximate surface area is 111 Å². The molecule has 7 heteroatoms. The highest BCUT2D eigenvalue weighted by molar-refractivity contribution is 7.89. The molecule has 0 radical (unpaired) electrons. The van der Waals surface area contributed by atoms with Crippen molar-refractivity contribution < 1.29 is 17.9 Å². The molecule has 1 saturated carbocycles. The van der Waals surface area contributed by atoms with Crippen LogP contribution >= 0.6 is 0 Å². The molecule has 0 saturated heterocycles. The monoisotopic (exact) mass is 288 g/mol. The van der Waals surface area contributed by atoms with Crippen molar-refractivity contribution >= 4 is 15.7 Å². The van der Waals surface area contributed by atoms with E-state index in [1.807, 2.05) is 0 Å². The van der Waals surface area contributed by atoms with Crippen molar-refractivity contribution in [1.29, 1.82) is 0 Å². The van der Waals surface area contributed by atoms with E-state index in [0.717, 1.165) is 18.9 Å². The van der Waals surface area contributed by atoms with Gasteiger partial charge in [-0.05, 0) is 43.4 Å². The van der Waals surface area contributed by atoms with E-state index in [4.69, 9.17) is 5.73 Å². The quantitative estimate of drug-likeness (QED) is 0.698. The van der Waals surface area contributed by atoms with Crippen LogP contribution in [-0.4, -0.2) is 26.2 Å². The maximum atomic E-state index is 13.8. The zero-order valence-electron chi connectivity index (χ0n) is 10.6. The number of sulfonamides is 1. The van der Waals surface area contributed by atoms with Gasteiger partial charge in [0.25, 0.3) is 0 Å². The van der Waals surface area contributed by atoms with Crippen LogP contribution in [0.1, 0.15) is 18.4 Å². The minimum atomic E-state index is -4.00. The molecule has 2 rings (SSSR count). The molecule has 1 aliphatic rings. The first-order valence-corrected chi connectivity index (χ1v) is 7.53. The third kappa shape index (κ3) is 3.23. The van der Waals surface area contributed by atoms with Crippen molar-refractivity contribution in [3.05, 3.63) is 23.5 Å². The van der Waals surface area contributed by atoms with Crippen LogP contribution in [0.2, 0.25) is 0 Å². The summed E-state index contributed by atoms with van der Waals surface area (Å²) in [5.41, 5.74) is 5.88. The topological polar surface area (TPSA) is 92.4 Å². The summed E-state index contributed by atoms with van der Waals surface area (Å²) in [7, 11) is -4.00. The van der Waals surface area contributed by atoms with E-state index in [1.165, 1.54) is 13.0 Å². The smallest absolute Gasteiger partial charge is 0.243 e. The van der Waals surface area contributed by atoms with Gasteiger partial charge in [-0.1, -0.05) is 0 Å². The second kappa shape index (κ2) is 5.07. The van der Waals surface area contributed by atoms with Gasteiger partial charge in [0.2, 0.25) is 10.0 Å².